The van der Waals surface area contributed by atoms with Crippen LogP contribution >= 0.6 is 11.6 Å². The third-order valence-corrected chi connectivity index (χ3v) is 3.48. The van der Waals surface area contributed by atoms with E-state index in [-0.39, 0.29) is 16.3 Å². The molecule has 1 fully saturated rings. The zero-order chi connectivity index (χ0) is 14.7. The summed E-state index contributed by atoms with van der Waals surface area (Å²) in [6.45, 7) is 3.02. The highest BCUT2D eigenvalue weighted by atomic mass is 35.5. The van der Waals surface area contributed by atoms with Crippen molar-refractivity contribution in [2.75, 3.05) is 33.2 Å². The van der Waals surface area contributed by atoms with Crippen LogP contribution in [-0.4, -0.2) is 54.0 Å². The molecule has 0 bridgehead atoms. The van der Waals surface area contributed by atoms with E-state index < -0.39 is 10.8 Å². The summed E-state index contributed by atoms with van der Waals surface area (Å²) in [5, 5.41) is 12.7. The summed E-state index contributed by atoms with van der Waals surface area (Å²) < 4.78 is 0. The predicted octanol–water partition coefficient (Wildman–Crippen LogP) is 1.14. The number of nitrogens with zero attached hydrogens (tertiary/aromatic N) is 3. The molecule has 1 N–H and O–H groups in total. The maximum atomic E-state index is 12.1. The van der Waals surface area contributed by atoms with Gasteiger partial charge in [0, 0.05) is 26.2 Å². The van der Waals surface area contributed by atoms with Crippen LogP contribution in [0.5, 0.6) is 0 Å². The van der Waals surface area contributed by atoms with Gasteiger partial charge >= 0.3 is 5.69 Å². The van der Waals surface area contributed by atoms with E-state index >= 15 is 0 Å². The van der Waals surface area contributed by atoms with Crippen molar-refractivity contribution in [1.29, 1.82) is 0 Å². The second kappa shape index (κ2) is 6.17. The molecule has 0 radical (unpaired) electrons. The first-order valence-corrected chi connectivity index (χ1v) is 6.54. The van der Waals surface area contributed by atoms with Gasteiger partial charge < -0.3 is 4.90 Å². The number of benzene rings is 1. The van der Waals surface area contributed by atoms with E-state index in [0.717, 1.165) is 13.1 Å². The van der Waals surface area contributed by atoms with Gasteiger partial charge in [-0.3, -0.25) is 20.3 Å². The number of para-hydroxylation sites is 1. The summed E-state index contributed by atoms with van der Waals surface area (Å²) in [5.74, 6) is -0.510. The van der Waals surface area contributed by atoms with Crippen molar-refractivity contribution < 1.29 is 9.72 Å². The molecule has 0 aliphatic carbocycles. The number of halogens is 1. The number of hydrogen-bond donors (Lipinski definition) is 1. The molecule has 7 nitrogen and oxygen atoms in total. The topological polar surface area (TPSA) is 78.7 Å². The van der Waals surface area contributed by atoms with Crippen LogP contribution in [-0.2, 0) is 0 Å². The summed E-state index contributed by atoms with van der Waals surface area (Å²) in [7, 11) is 2.00. The quantitative estimate of drug-likeness (QED) is 0.669. The van der Waals surface area contributed by atoms with Crippen molar-refractivity contribution in [3.63, 3.8) is 0 Å². The van der Waals surface area contributed by atoms with Gasteiger partial charge in [0.25, 0.3) is 5.91 Å². The molecule has 8 heteroatoms. The third kappa shape index (κ3) is 3.24. The van der Waals surface area contributed by atoms with Crippen LogP contribution < -0.4 is 5.43 Å². The largest absolute Gasteiger partial charge is 0.304 e. The number of rotatable bonds is 3. The first-order chi connectivity index (χ1) is 9.49. The van der Waals surface area contributed by atoms with Gasteiger partial charge in [-0.1, -0.05) is 17.7 Å². The van der Waals surface area contributed by atoms with Gasteiger partial charge in [0.1, 0.15) is 10.6 Å². The molecule has 1 aromatic rings. The van der Waals surface area contributed by atoms with Gasteiger partial charge in [-0.25, -0.2) is 5.01 Å². The van der Waals surface area contributed by atoms with Crippen LogP contribution in [0.2, 0.25) is 5.02 Å². The SMILES string of the molecule is CN1CCN(NC(=O)c2cccc(Cl)c2[N+](=O)[O-])CC1. The van der Waals surface area contributed by atoms with Crippen molar-refractivity contribution in [2.45, 2.75) is 0 Å². The minimum atomic E-state index is -0.638. The molecule has 108 valence electrons. The normalized spacial score (nSPS) is 16.9. The molecular formula is C12H15ClN4O3. The van der Waals surface area contributed by atoms with Gasteiger partial charge in [0.15, 0.2) is 0 Å². The molecule has 0 atom stereocenters. The van der Waals surface area contributed by atoms with Crippen LogP contribution in [0.15, 0.2) is 18.2 Å². The Bertz CT molecular complexity index is 529. The number of carbonyl (C=O) groups excluding carboxylic acids is 1. The van der Waals surface area contributed by atoms with E-state index in [0.29, 0.717) is 13.1 Å². The maximum absolute atomic E-state index is 12.1. The molecule has 0 unspecified atom stereocenters. The zero-order valence-electron chi connectivity index (χ0n) is 11.0. The Kier molecular flexibility index (Phi) is 4.53. The van der Waals surface area contributed by atoms with Crippen LogP contribution in [0.25, 0.3) is 0 Å². The van der Waals surface area contributed by atoms with Gasteiger partial charge in [0.05, 0.1) is 4.92 Å². The minimum Gasteiger partial charge on any atom is -0.304 e. The van der Waals surface area contributed by atoms with E-state index in [1.807, 2.05) is 7.05 Å². The molecule has 1 aliphatic rings. The van der Waals surface area contributed by atoms with Crippen LogP contribution in [0, 0.1) is 10.1 Å². The molecule has 1 aromatic carbocycles. The van der Waals surface area contributed by atoms with Crippen molar-refractivity contribution in [3.8, 4) is 0 Å². The number of nitro benzene ring substituents is 1. The first kappa shape index (κ1) is 14.7. The summed E-state index contributed by atoms with van der Waals surface area (Å²) in [6.07, 6.45) is 0. The molecule has 0 spiro atoms. The molecular weight excluding hydrogens is 284 g/mol. The summed E-state index contributed by atoms with van der Waals surface area (Å²) in [6, 6.07) is 4.32. The van der Waals surface area contributed by atoms with E-state index in [2.05, 4.69) is 10.3 Å². The van der Waals surface area contributed by atoms with Gasteiger partial charge in [-0.05, 0) is 19.2 Å². The molecule has 1 aliphatic heterocycles. The lowest BCUT2D eigenvalue weighted by Gasteiger charge is -2.32. The van der Waals surface area contributed by atoms with Gasteiger partial charge in [0.2, 0.25) is 0 Å². The first-order valence-electron chi connectivity index (χ1n) is 6.16. The lowest BCUT2D eigenvalue weighted by atomic mass is 10.1. The minimum absolute atomic E-state index is 0.0265. The molecule has 2 rings (SSSR count). The van der Waals surface area contributed by atoms with Gasteiger partial charge in [-0.2, -0.15) is 0 Å². The van der Waals surface area contributed by atoms with Gasteiger partial charge in [-0.15, -0.1) is 0 Å². The molecule has 1 saturated heterocycles. The van der Waals surface area contributed by atoms with Crippen molar-refractivity contribution >= 4 is 23.2 Å². The molecule has 0 saturated carbocycles. The molecule has 20 heavy (non-hydrogen) atoms. The fraction of sp³-hybridized carbons (Fsp3) is 0.417. The van der Waals surface area contributed by atoms with Crippen LogP contribution in [0.1, 0.15) is 10.4 Å². The highest BCUT2D eigenvalue weighted by molar-refractivity contribution is 6.33. The molecule has 0 aromatic heterocycles. The molecule has 1 amide bonds. The fourth-order valence-electron chi connectivity index (χ4n) is 2.01. The lowest BCUT2D eigenvalue weighted by Crippen LogP contribution is -2.52. The Balaban J connectivity index is 2.13. The smallest absolute Gasteiger partial charge is 0.300 e. The van der Waals surface area contributed by atoms with E-state index in [1.165, 1.54) is 18.2 Å². The highest BCUT2D eigenvalue weighted by Gasteiger charge is 2.25. The standard InChI is InChI=1S/C12H15ClN4O3/c1-15-5-7-16(8-6-15)14-12(18)9-3-2-4-10(13)11(9)17(19)20/h2-4H,5-8H2,1H3,(H,14,18). The number of carbonyl (C=O) groups is 1. The van der Waals surface area contributed by atoms with Crippen molar-refractivity contribution in [2.24, 2.45) is 0 Å². The second-order valence-electron chi connectivity index (χ2n) is 4.62. The Hall–Kier alpha value is -1.70. The number of likely N-dealkylation sites (N-methyl/N-ethyl adjacent to an activating group) is 1. The van der Waals surface area contributed by atoms with Crippen molar-refractivity contribution in [1.82, 2.24) is 15.3 Å². The van der Waals surface area contributed by atoms with E-state index in [9.17, 15) is 14.9 Å². The summed E-state index contributed by atoms with van der Waals surface area (Å²) in [4.78, 5) is 24.7. The Morgan fingerprint density at radius 3 is 2.60 bits per heavy atom. The monoisotopic (exact) mass is 298 g/mol. The molecule has 1 heterocycles. The predicted molar refractivity (Wildman–Crippen MR) is 74.6 cm³/mol. The Morgan fingerprint density at radius 2 is 2.00 bits per heavy atom. The average Bonchev–Trinajstić information content (AvgIpc) is 2.40. The fourth-order valence-corrected chi connectivity index (χ4v) is 2.25. The van der Waals surface area contributed by atoms with Crippen LogP contribution in [0.3, 0.4) is 0 Å². The number of nitro groups is 1. The summed E-state index contributed by atoms with van der Waals surface area (Å²) >= 11 is 5.79. The number of amides is 1. The number of hydrazine groups is 1. The third-order valence-electron chi connectivity index (χ3n) is 3.18. The van der Waals surface area contributed by atoms with E-state index in [4.69, 9.17) is 11.6 Å². The number of piperazine rings is 1. The highest BCUT2D eigenvalue weighted by Crippen LogP contribution is 2.28. The summed E-state index contributed by atoms with van der Waals surface area (Å²) in [5.41, 5.74) is 2.30. The number of nitrogens with one attached hydrogen (secondary N) is 1. The lowest BCUT2D eigenvalue weighted by molar-refractivity contribution is -0.385. The van der Waals surface area contributed by atoms with Crippen LogP contribution in [0.4, 0.5) is 5.69 Å². The van der Waals surface area contributed by atoms with Crippen molar-refractivity contribution in [3.05, 3.63) is 38.9 Å². The zero-order valence-corrected chi connectivity index (χ0v) is 11.8. The van der Waals surface area contributed by atoms with E-state index in [1.54, 1.807) is 5.01 Å². The average molecular weight is 299 g/mol. The number of hydrogen-bond acceptors (Lipinski definition) is 5. The Morgan fingerprint density at radius 1 is 1.35 bits per heavy atom. The Labute approximate surface area is 121 Å². The second-order valence-corrected chi connectivity index (χ2v) is 5.03. The maximum Gasteiger partial charge on any atom is 0.300 e.